The standard InChI is InChI=1S/C20H17N5/c1-24-16-10-9-14-6-2-3-7-15(14)20(16)22-18(24)12-11-17-21-19-8-4-5-13-25(19)23-17/h2-10,13H,11-12H2,1H3. The minimum Gasteiger partial charge on any atom is -0.331 e. The van der Waals surface area contributed by atoms with Gasteiger partial charge in [-0.3, -0.25) is 0 Å². The molecule has 0 spiro atoms. The maximum absolute atomic E-state index is 4.91. The molecule has 0 aliphatic heterocycles. The second kappa shape index (κ2) is 5.41. The lowest BCUT2D eigenvalue weighted by atomic mass is 10.1. The van der Waals surface area contributed by atoms with Gasteiger partial charge in [0.15, 0.2) is 11.5 Å². The zero-order chi connectivity index (χ0) is 16.8. The Morgan fingerprint density at radius 1 is 0.880 bits per heavy atom. The lowest BCUT2D eigenvalue weighted by Crippen LogP contribution is -2.01. The Balaban J connectivity index is 1.52. The Labute approximate surface area is 144 Å². The smallest absolute Gasteiger partial charge is 0.155 e. The third-order valence-corrected chi connectivity index (χ3v) is 4.73. The van der Waals surface area contributed by atoms with Crippen LogP contribution in [0.5, 0.6) is 0 Å². The van der Waals surface area contributed by atoms with Gasteiger partial charge in [-0.05, 0) is 23.6 Å². The number of aromatic nitrogens is 5. The van der Waals surface area contributed by atoms with Crippen LogP contribution in [-0.4, -0.2) is 24.1 Å². The molecule has 3 heterocycles. The van der Waals surface area contributed by atoms with E-state index in [2.05, 4.69) is 58.1 Å². The van der Waals surface area contributed by atoms with Crippen LogP contribution in [0.3, 0.4) is 0 Å². The van der Waals surface area contributed by atoms with Crippen molar-refractivity contribution in [1.82, 2.24) is 24.1 Å². The minimum absolute atomic E-state index is 0.775. The molecule has 0 saturated heterocycles. The van der Waals surface area contributed by atoms with E-state index in [1.54, 1.807) is 0 Å². The number of rotatable bonds is 3. The average molecular weight is 327 g/mol. The molecular weight excluding hydrogens is 310 g/mol. The third-order valence-electron chi connectivity index (χ3n) is 4.73. The molecule has 2 aromatic carbocycles. The predicted molar refractivity (Wildman–Crippen MR) is 98.6 cm³/mol. The molecule has 0 fully saturated rings. The highest BCUT2D eigenvalue weighted by Gasteiger charge is 2.12. The zero-order valence-electron chi connectivity index (χ0n) is 13.9. The van der Waals surface area contributed by atoms with Crippen LogP contribution in [0.15, 0.2) is 60.8 Å². The second-order valence-corrected chi connectivity index (χ2v) is 6.27. The summed E-state index contributed by atoms with van der Waals surface area (Å²) >= 11 is 0. The maximum atomic E-state index is 4.91. The summed E-state index contributed by atoms with van der Waals surface area (Å²) < 4.78 is 4.00. The Morgan fingerprint density at radius 3 is 2.68 bits per heavy atom. The Bertz CT molecular complexity index is 1180. The van der Waals surface area contributed by atoms with Crippen LogP contribution < -0.4 is 0 Å². The molecule has 0 aliphatic carbocycles. The summed E-state index contributed by atoms with van der Waals surface area (Å²) in [5.74, 6) is 1.91. The van der Waals surface area contributed by atoms with E-state index in [4.69, 9.17) is 4.98 Å². The van der Waals surface area contributed by atoms with Gasteiger partial charge in [0.1, 0.15) is 5.82 Å². The second-order valence-electron chi connectivity index (χ2n) is 6.27. The molecule has 0 radical (unpaired) electrons. The van der Waals surface area contributed by atoms with Gasteiger partial charge in [-0.1, -0.05) is 36.4 Å². The summed E-state index contributed by atoms with van der Waals surface area (Å²) in [7, 11) is 2.08. The van der Waals surface area contributed by atoms with Gasteiger partial charge in [-0.2, -0.15) is 5.10 Å². The summed E-state index contributed by atoms with van der Waals surface area (Å²) in [5.41, 5.74) is 3.11. The zero-order valence-corrected chi connectivity index (χ0v) is 13.9. The lowest BCUT2D eigenvalue weighted by Gasteiger charge is -2.01. The van der Waals surface area contributed by atoms with Crippen LogP contribution in [0, 0.1) is 0 Å². The SMILES string of the molecule is Cn1c(CCc2nc3ccccn3n2)nc2c3ccccc3ccc21. The average Bonchev–Trinajstić information content (AvgIpc) is 3.21. The van der Waals surface area contributed by atoms with Crippen LogP contribution >= 0.6 is 0 Å². The van der Waals surface area contributed by atoms with Crippen molar-refractivity contribution >= 4 is 27.5 Å². The molecule has 0 aliphatic rings. The predicted octanol–water partition coefficient (Wildman–Crippen LogP) is 3.55. The van der Waals surface area contributed by atoms with E-state index >= 15 is 0 Å². The van der Waals surface area contributed by atoms with Crippen LogP contribution in [0.25, 0.3) is 27.5 Å². The lowest BCUT2D eigenvalue weighted by molar-refractivity contribution is 0.755. The first kappa shape index (κ1) is 14.2. The van der Waals surface area contributed by atoms with Crippen molar-refractivity contribution in [3.8, 4) is 0 Å². The Morgan fingerprint density at radius 2 is 1.76 bits per heavy atom. The molecule has 122 valence electrons. The highest BCUT2D eigenvalue weighted by molar-refractivity contribution is 6.04. The van der Waals surface area contributed by atoms with Gasteiger partial charge in [0.2, 0.25) is 0 Å². The summed E-state index contributed by atoms with van der Waals surface area (Å²) in [6, 6.07) is 18.6. The molecule has 0 unspecified atom stereocenters. The van der Waals surface area contributed by atoms with E-state index in [0.717, 1.165) is 41.2 Å². The summed E-state index contributed by atoms with van der Waals surface area (Å²) in [6.07, 6.45) is 3.51. The van der Waals surface area contributed by atoms with Gasteiger partial charge in [-0.25, -0.2) is 14.5 Å². The van der Waals surface area contributed by atoms with Crippen molar-refractivity contribution in [3.63, 3.8) is 0 Å². The van der Waals surface area contributed by atoms with Gasteiger partial charge in [-0.15, -0.1) is 0 Å². The van der Waals surface area contributed by atoms with Crippen molar-refractivity contribution in [2.24, 2.45) is 7.05 Å². The maximum Gasteiger partial charge on any atom is 0.155 e. The first-order valence-corrected chi connectivity index (χ1v) is 8.43. The largest absolute Gasteiger partial charge is 0.331 e. The molecule has 0 N–H and O–H groups in total. The van der Waals surface area contributed by atoms with Gasteiger partial charge >= 0.3 is 0 Å². The van der Waals surface area contributed by atoms with Crippen molar-refractivity contribution < 1.29 is 0 Å². The van der Waals surface area contributed by atoms with E-state index in [1.165, 1.54) is 10.8 Å². The monoisotopic (exact) mass is 327 g/mol. The molecule has 0 saturated carbocycles. The Kier molecular flexibility index (Phi) is 3.06. The first-order valence-electron chi connectivity index (χ1n) is 8.43. The highest BCUT2D eigenvalue weighted by atomic mass is 15.3. The van der Waals surface area contributed by atoms with E-state index < -0.39 is 0 Å². The van der Waals surface area contributed by atoms with E-state index in [1.807, 2.05) is 28.9 Å². The molecular formula is C20H17N5. The number of fused-ring (bicyclic) bond motifs is 4. The summed E-state index contributed by atoms with van der Waals surface area (Å²) in [5, 5.41) is 6.96. The quantitative estimate of drug-likeness (QED) is 0.509. The van der Waals surface area contributed by atoms with Crippen molar-refractivity contribution in [2.45, 2.75) is 12.8 Å². The number of benzene rings is 2. The summed E-state index contributed by atoms with van der Waals surface area (Å²) in [6.45, 7) is 0. The Hall–Kier alpha value is -3.21. The molecule has 3 aromatic heterocycles. The summed E-state index contributed by atoms with van der Waals surface area (Å²) in [4.78, 5) is 9.49. The molecule has 5 nitrogen and oxygen atoms in total. The van der Waals surface area contributed by atoms with Crippen molar-refractivity contribution in [2.75, 3.05) is 0 Å². The van der Waals surface area contributed by atoms with Crippen molar-refractivity contribution in [3.05, 3.63) is 72.4 Å². The normalized spacial score (nSPS) is 11.7. The van der Waals surface area contributed by atoms with E-state index in [0.29, 0.717) is 0 Å². The van der Waals surface area contributed by atoms with Gasteiger partial charge < -0.3 is 4.57 Å². The number of pyridine rings is 1. The number of imidazole rings is 1. The fourth-order valence-corrected chi connectivity index (χ4v) is 3.41. The van der Waals surface area contributed by atoms with Gasteiger partial charge in [0, 0.05) is 31.5 Å². The first-order chi connectivity index (χ1) is 12.3. The molecule has 0 amide bonds. The van der Waals surface area contributed by atoms with Crippen LogP contribution in [0.2, 0.25) is 0 Å². The topological polar surface area (TPSA) is 48.0 Å². The molecule has 0 atom stereocenters. The molecule has 5 aromatic rings. The number of hydrogen-bond donors (Lipinski definition) is 0. The number of nitrogens with zero attached hydrogens (tertiary/aromatic N) is 5. The third kappa shape index (κ3) is 2.28. The fraction of sp³-hybridized carbons (Fsp3) is 0.150. The molecule has 5 heteroatoms. The van der Waals surface area contributed by atoms with Crippen LogP contribution in [0.4, 0.5) is 0 Å². The van der Waals surface area contributed by atoms with Gasteiger partial charge in [0.25, 0.3) is 0 Å². The molecule has 25 heavy (non-hydrogen) atoms. The fourth-order valence-electron chi connectivity index (χ4n) is 3.41. The number of aryl methyl sites for hydroxylation is 3. The van der Waals surface area contributed by atoms with E-state index in [9.17, 15) is 0 Å². The van der Waals surface area contributed by atoms with Crippen LogP contribution in [-0.2, 0) is 19.9 Å². The van der Waals surface area contributed by atoms with E-state index in [-0.39, 0.29) is 0 Å². The highest BCUT2D eigenvalue weighted by Crippen LogP contribution is 2.25. The number of hydrogen-bond acceptors (Lipinski definition) is 3. The van der Waals surface area contributed by atoms with Crippen LogP contribution in [0.1, 0.15) is 11.6 Å². The molecule has 5 rings (SSSR count). The van der Waals surface area contributed by atoms with Gasteiger partial charge in [0.05, 0.1) is 11.0 Å². The van der Waals surface area contributed by atoms with Crippen molar-refractivity contribution in [1.29, 1.82) is 0 Å². The molecule has 0 bridgehead atoms. The minimum atomic E-state index is 0.775.